The number of carbonyl (C=O) groups is 2. The standard InChI is InChI=1S/C27H35ClN2O5/c1-3-9-20-16-23(31)26(28)22-17-21(29-35-18-24(32)30-13-5-4-6-14-30)12-7-10-19(2)11-8-15-34-27(33)25(20)22/h7-8,11-12,16,19,31H,3-6,9-10,13-15,17-18H2,1-2H3/b11-8+,12-7+,29-21+. The fraction of sp³-hybridized carbons (Fsp3) is 0.519. The quantitative estimate of drug-likeness (QED) is 0.338. The van der Waals surface area contributed by atoms with E-state index in [0.717, 1.165) is 45.2 Å². The Labute approximate surface area is 212 Å². The molecule has 1 unspecified atom stereocenters. The van der Waals surface area contributed by atoms with Crippen molar-refractivity contribution in [3.8, 4) is 5.75 Å². The normalized spacial score (nSPS) is 22.3. The maximum atomic E-state index is 13.1. The summed E-state index contributed by atoms with van der Waals surface area (Å²) in [4.78, 5) is 32.8. The molecule has 0 saturated carbocycles. The molecule has 1 N–H and O–H groups in total. The molecule has 2 heterocycles. The first-order valence-electron chi connectivity index (χ1n) is 12.4. The minimum Gasteiger partial charge on any atom is -0.506 e. The summed E-state index contributed by atoms with van der Waals surface area (Å²) in [6.07, 6.45) is 13.0. The number of fused-ring (bicyclic) bond motifs is 1. The number of piperidine rings is 1. The van der Waals surface area contributed by atoms with Gasteiger partial charge in [-0.2, -0.15) is 0 Å². The van der Waals surface area contributed by atoms with Crippen molar-refractivity contribution >= 4 is 29.2 Å². The monoisotopic (exact) mass is 502 g/mol. The lowest BCUT2D eigenvalue weighted by Gasteiger charge is -2.26. The van der Waals surface area contributed by atoms with Crippen molar-refractivity contribution in [1.82, 2.24) is 4.90 Å². The van der Waals surface area contributed by atoms with Gasteiger partial charge in [0, 0.05) is 19.5 Å². The minimum absolute atomic E-state index is 0.0843. The molecule has 1 aromatic carbocycles. The molecule has 0 aromatic heterocycles. The minimum atomic E-state index is -0.494. The largest absolute Gasteiger partial charge is 0.506 e. The smallest absolute Gasteiger partial charge is 0.339 e. The lowest BCUT2D eigenvalue weighted by atomic mass is 9.93. The van der Waals surface area contributed by atoms with Gasteiger partial charge >= 0.3 is 5.97 Å². The molecule has 1 saturated heterocycles. The molecule has 7 nitrogen and oxygen atoms in total. The van der Waals surface area contributed by atoms with E-state index in [-0.39, 0.29) is 42.2 Å². The molecule has 1 fully saturated rings. The number of benzene rings is 1. The van der Waals surface area contributed by atoms with Gasteiger partial charge in [0.15, 0.2) is 6.61 Å². The molecule has 0 spiro atoms. The van der Waals surface area contributed by atoms with Crippen LogP contribution in [0.2, 0.25) is 5.02 Å². The molecular formula is C27H35ClN2O5. The van der Waals surface area contributed by atoms with Crippen molar-refractivity contribution in [3.63, 3.8) is 0 Å². The summed E-state index contributed by atoms with van der Waals surface area (Å²) in [7, 11) is 0. The number of allylic oxidation sites excluding steroid dienone is 3. The summed E-state index contributed by atoms with van der Waals surface area (Å²) >= 11 is 6.50. The Morgan fingerprint density at radius 2 is 2.06 bits per heavy atom. The van der Waals surface area contributed by atoms with Crippen molar-refractivity contribution in [2.45, 2.75) is 58.8 Å². The van der Waals surface area contributed by atoms with Gasteiger partial charge in [-0.3, -0.25) is 4.79 Å². The number of hydrogen-bond acceptors (Lipinski definition) is 6. The molecule has 0 bridgehead atoms. The third kappa shape index (κ3) is 7.59. The Morgan fingerprint density at radius 1 is 1.29 bits per heavy atom. The molecule has 2 aliphatic heterocycles. The molecule has 1 amide bonds. The summed E-state index contributed by atoms with van der Waals surface area (Å²) in [5.41, 5.74) is 1.95. The number of likely N-dealkylation sites (tertiary alicyclic amines) is 1. The van der Waals surface area contributed by atoms with Crippen molar-refractivity contribution in [2.24, 2.45) is 11.1 Å². The second-order valence-corrected chi connectivity index (χ2v) is 9.47. The van der Waals surface area contributed by atoms with E-state index in [1.807, 2.05) is 31.2 Å². The number of phenols is 1. The predicted octanol–water partition coefficient (Wildman–Crippen LogP) is 5.23. The average Bonchev–Trinajstić information content (AvgIpc) is 2.86. The van der Waals surface area contributed by atoms with E-state index < -0.39 is 5.97 Å². The van der Waals surface area contributed by atoms with Crippen LogP contribution in [0.4, 0.5) is 0 Å². The fourth-order valence-corrected chi connectivity index (χ4v) is 4.55. The Balaban J connectivity index is 1.93. The maximum absolute atomic E-state index is 13.1. The van der Waals surface area contributed by atoms with Crippen LogP contribution in [0.5, 0.6) is 5.75 Å². The Morgan fingerprint density at radius 3 is 2.80 bits per heavy atom. The molecule has 8 heteroatoms. The number of ether oxygens (including phenoxy) is 1. The summed E-state index contributed by atoms with van der Waals surface area (Å²) < 4.78 is 5.52. The summed E-state index contributed by atoms with van der Waals surface area (Å²) in [6, 6.07) is 1.53. The Bertz CT molecular complexity index is 996. The van der Waals surface area contributed by atoms with Crippen LogP contribution in [0.15, 0.2) is 35.5 Å². The first-order chi connectivity index (χ1) is 16.9. The van der Waals surface area contributed by atoms with Crippen LogP contribution in [0.1, 0.15) is 67.4 Å². The lowest BCUT2D eigenvalue weighted by molar-refractivity contribution is -0.137. The Hall–Kier alpha value is -2.80. The summed E-state index contributed by atoms with van der Waals surface area (Å²) in [6.45, 7) is 5.55. The van der Waals surface area contributed by atoms with E-state index in [0.29, 0.717) is 28.8 Å². The molecule has 190 valence electrons. The van der Waals surface area contributed by atoms with E-state index >= 15 is 0 Å². The molecule has 0 radical (unpaired) electrons. The number of nitrogens with zero attached hydrogens (tertiary/aromatic N) is 2. The van der Waals surface area contributed by atoms with Crippen molar-refractivity contribution in [2.75, 3.05) is 26.3 Å². The van der Waals surface area contributed by atoms with E-state index in [2.05, 4.69) is 12.1 Å². The first kappa shape index (κ1) is 26.8. The average molecular weight is 503 g/mol. The molecule has 3 rings (SSSR count). The number of aromatic hydroxyl groups is 1. The van der Waals surface area contributed by atoms with Crippen LogP contribution in [-0.2, 0) is 27.2 Å². The summed E-state index contributed by atoms with van der Waals surface area (Å²) in [5, 5.41) is 14.8. The SMILES string of the molecule is CCCc1cc(O)c(Cl)c2c1C(=O)OC/C=C/C(C)C/C=C/C(=N\OCC(=O)N1CCCCC1)C2. The number of phenolic OH excluding ortho intramolecular Hbond substituents is 1. The highest BCUT2D eigenvalue weighted by Crippen LogP contribution is 2.34. The number of carbonyl (C=O) groups excluding carboxylic acids is 2. The second-order valence-electron chi connectivity index (χ2n) is 9.09. The number of oxime groups is 1. The number of halogens is 1. The van der Waals surface area contributed by atoms with Gasteiger partial charge in [0.05, 0.1) is 16.3 Å². The van der Waals surface area contributed by atoms with E-state index in [1.54, 1.807) is 4.90 Å². The highest BCUT2D eigenvalue weighted by molar-refractivity contribution is 6.33. The molecule has 35 heavy (non-hydrogen) atoms. The molecular weight excluding hydrogens is 468 g/mol. The van der Waals surface area contributed by atoms with Crippen LogP contribution >= 0.6 is 11.6 Å². The van der Waals surface area contributed by atoms with Gasteiger partial charge in [-0.15, -0.1) is 0 Å². The number of rotatable bonds is 5. The predicted molar refractivity (Wildman–Crippen MR) is 137 cm³/mol. The second kappa shape index (κ2) is 13.3. The summed E-state index contributed by atoms with van der Waals surface area (Å²) in [5.74, 6) is -0.444. The van der Waals surface area contributed by atoms with Gasteiger partial charge in [0.1, 0.15) is 12.4 Å². The van der Waals surface area contributed by atoms with E-state index in [9.17, 15) is 14.7 Å². The molecule has 0 aliphatic carbocycles. The van der Waals surface area contributed by atoms with E-state index in [1.165, 1.54) is 6.07 Å². The number of hydrogen-bond donors (Lipinski definition) is 1. The number of cyclic esters (lactones) is 1. The zero-order valence-electron chi connectivity index (χ0n) is 20.6. The van der Waals surface area contributed by atoms with Crippen molar-refractivity contribution in [1.29, 1.82) is 0 Å². The van der Waals surface area contributed by atoms with Gasteiger partial charge in [-0.05, 0) is 61.3 Å². The highest BCUT2D eigenvalue weighted by atomic mass is 35.5. The zero-order chi connectivity index (χ0) is 25.2. The van der Waals surface area contributed by atoms with Gasteiger partial charge in [-0.1, -0.05) is 55.3 Å². The van der Waals surface area contributed by atoms with Crippen LogP contribution in [-0.4, -0.2) is 53.9 Å². The topological polar surface area (TPSA) is 88.4 Å². The van der Waals surface area contributed by atoms with Gasteiger partial charge < -0.3 is 19.6 Å². The number of amides is 1. The highest BCUT2D eigenvalue weighted by Gasteiger charge is 2.24. The van der Waals surface area contributed by atoms with Crippen molar-refractivity contribution < 1.29 is 24.3 Å². The molecule has 1 atom stereocenters. The Kier molecular flexibility index (Phi) is 10.2. The molecule has 2 aliphatic rings. The molecule has 1 aromatic rings. The van der Waals surface area contributed by atoms with Gasteiger partial charge in [-0.25, -0.2) is 4.79 Å². The number of esters is 1. The number of aryl methyl sites for hydroxylation is 1. The van der Waals surface area contributed by atoms with E-state index in [4.69, 9.17) is 21.2 Å². The van der Waals surface area contributed by atoms with Crippen LogP contribution < -0.4 is 0 Å². The lowest BCUT2D eigenvalue weighted by Crippen LogP contribution is -2.37. The fourth-order valence-electron chi connectivity index (χ4n) is 4.33. The van der Waals surface area contributed by atoms with Gasteiger partial charge in [0.2, 0.25) is 0 Å². The third-order valence-corrected chi connectivity index (χ3v) is 6.60. The van der Waals surface area contributed by atoms with Crippen LogP contribution in [0.3, 0.4) is 0 Å². The van der Waals surface area contributed by atoms with Gasteiger partial charge in [0.25, 0.3) is 5.91 Å². The van der Waals surface area contributed by atoms with Crippen LogP contribution in [0.25, 0.3) is 0 Å². The maximum Gasteiger partial charge on any atom is 0.339 e. The van der Waals surface area contributed by atoms with Crippen LogP contribution in [0, 0.1) is 5.92 Å². The zero-order valence-corrected chi connectivity index (χ0v) is 21.4. The van der Waals surface area contributed by atoms with Crippen molar-refractivity contribution in [3.05, 3.63) is 52.1 Å². The third-order valence-electron chi connectivity index (χ3n) is 6.18. The first-order valence-corrected chi connectivity index (χ1v) is 12.8.